The largest absolute Gasteiger partial charge is 0.340 e. The van der Waals surface area contributed by atoms with E-state index in [1.165, 1.54) is 0 Å². The van der Waals surface area contributed by atoms with E-state index in [4.69, 9.17) is 0 Å². The van der Waals surface area contributed by atoms with E-state index >= 15 is 0 Å². The standard InChI is InChI=1S/C13H22N2O2S/c1-9-11(16)14-13(2,10-5-6-10)12(17)15(9)7-4-8-18-3/h9-10H,4-8H2,1-3H3,(H,14,16). The molecule has 2 fully saturated rings. The van der Waals surface area contributed by atoms with E-state index in [2.05, 4.69) is 11.6 Å². The molecule has 5 heteroatoms. The van der Waals surface area contributed by atoms with Gasteiger partial charge in [0.05, 0.1) is 0 Å². The van der Waals surface area contributed by atoms with Crippen molar-refractivity contribution in [1.29, 1.82) is 0 Å². The van der Waals surface area contributed by atoms with Gasteiger partial charge in [-0.3, -0.25) is 9.59 Å². The Morgan fingerprint density at radius 1 is 1.44 bits per heavy atom. The lowest BCUT2D eigenvalue weighted by Crippen LogP contribution is -2.69. The molecule has 18 heavy (non-hydrogen) atoms. The maximum atomic E-state index is 12.6. The predicted molar refractivity (Wildman–Crippen MR) is 73.4 cm³/mol. The molecule has 0 aromatic carbocycles. The molecule has 1 N–H and O–H groups in total. The number of carbonyl (C=O) groups is 2. The summed E-state index contributed by atoms with van der Waals surface area (Å²) in [5, 5.41) is 2.94. The summed E-state index contributed by atoms with van der Waals surface area (Å²) >= 11 is 1.77. The number of piperazine rings is 1. The summed E-state index contributed by atoms with van der Waals surface area (Å²) in [7, 11) is 0. The molecule has 4 nitrogen and oxygen atoms in total. The van der Waals surface area contributed by atoms with Crippen molar-refractivity contribution in [2.24, 2.45) is 5.92 Å². The predicted octanol–water partition coefficient (Wildman–Crippen LogP) is 1.26. The highest BCUT2D eigenvalue weighted by Gasteiger charge is 2.54. The van der Waals surface area contributed by atoms with Crippen LogP contribution in [0.5, 0.6) is 0 Å². The van der Waals surface area contributed by atoms with Gasteiger partial charge in [0.15, 0.2) is 0 Å². The first-order chi connectivity index (χ1) is 8.50. The van der Waals surface area contributed by atoms with E-state index in [1.807, 2.05) is 13.8 Å². The Kier molecular flexibility index (Phi) is 3.90. The molecule has 1 saturated heterocycles. The number of nitrogens with one attached hydrogen (secondary N) is 1. The Bertz CT molecular complexity index is 357. The van der Waals surface area contributed by atoms with Crippen LogP contribution in [0.15, 0.2) is 0 Å². The number of thioether (sulfide) groups is 1. The number of hydrogen-bond donors (Lipinski definition) is 1. The molecule has 102 valence electrons. The van der Waals surface area contributed by atoms with Crippen LogP contribution in [-0.2, 0) is 9.59 Å². The highest BCUT2D eigenvalue weighted by atomic mass is 32.2. The minimum Gasteiger partial charge on any atom is -0.340 e. The van der Waals surface area contributed by atoms with Crippen molar-refractivity contribution in [3.8, 4) is 0 Å². The quantitative estimate of drug-likeness (QED) is 0.765. The zero-order chi connectivity index (χ0) is 13.3. The summed E-state index contributed by atoms with van der Waals surface area (Å²) in [6.07, 6.45) is 5.11. The Hall–Kier alpha value is -0.710. The fraction of sp³-hybridized carbons (Fsp3) is 0.846. The third kappa shape index (κ3) is 2.37. The molecule has 2 unspecified atom stereocenters. The first kappa shape index (κ1) is 13.7. The topological polar surface area (TPSA) is 49.4 Å². The Morgan fingerprint density at radius 2 is 2.11 bits per heavy atom. The van der Waals surface area contributed by atoms with Crippen molar-refractivity contribution in [3.63, 3.8) is 0 Å². The van der Waals surface area contributed by atoms with Crippen LogP contribution < -0.4 is 5.32 Å². The van der Waals surface area contributed by atoms with Gasteiger partial charge in [-0.2, -0.15) is 11.8 Å². The van der Waals surface area contributed by atoms with Gasteiger partial charge in [-0.05, 0) is 51.0 Å². The molecule has 0 aromatic heterocycles. The van der Waals surface area contributed by atoms with Gasteiger partial charge in [-0.15, -0.1) is 0 Å². The summed E-state index contributed by atoms with van der Waals surface area (Å²) < 4.78 is 0. The van der Waals surface area contributed by atoms with Crippen LogP contribution in [0, 0.1) is 5.92 Å². The molecule has 0 bridgehead atoms. The molecule has 0 radical (unpaired) electrons. The minimum absolute atomic E-state index is 0.00634. The molecule has 2 amide bonds. The molecule has 0 spiro atoms. The normalized spacial score (nSPS) is 32.6. The maximum absolute atomic E-state index is 12.6. The third-order valence-electron chi connectivity index (χ3n) is 4.08. The van der Waals surface area contributed by atoms with Crippen LogP contribution >= 0.6 is 11.8 Å². The lowest BCUT2D eigenvalue weighted by atomic mass is 9.89. The molecule has 2 rings (SSSR count). The molecule has 2 atom stereocenters. The average molecular weight is 270 g/mol. The molecule has 1 saturated carbocycles. The summed E-state index contributed by atoms with van der Waals surface area (Å²) in [5.41, 5.74) is -0.650. The number of nitrogens with zero attached hydrogens (tertiary/aromatic N) is 1. The van der Waals surface area contributed by atoms with Crippen molar-refractivity contribution >= 4 is 23.6 Å². The van der Waals surface area contributed by atoms with Gasteiger partial charge in [0, 0.05) is 6.54 Å². The first-order valence-corrected chi connectivity index (χ1v) is 8.02. The van der Waals surface area contributed by atoms with Crippen molar-refractivity contribution in [2.45, 2.75) is 44.7 Å². The second-order valence-electron chi connectivity index (χ2n) is 5.49. The first-order valence-electron chi connectivity index (χ1n) is 6.62. The zero-order valence-corrected chi connectivity index (χ0v) is 12.2. The van der Waals surface area contributed by atoms with Crippen LogP contribution in [0.2, 0.25) is 0 Å². The minimum atomic E-state index is -0.650. The van der Waals surface area contributed by atoms with E-state index < -0.39 is 5.54 Å². The Balaban J connectivity index is 2.10. The Labute approximate surface area is 113 Å². The van der Waals surface area contributed by atoms with Gasteiger partial charge in [0.2, 0.25) is 11.8 Å². The van der Waals surface area contributed by atoms with E-state index in [1.54, 1.807) is 16.7 Å². The molecule has 1 aliphatic heterocycles. The monoisotopic (exact) mass is 270 g/mol. The summed E-state index contributed by atoms with van der Waals surface area (Å²) in [6, 6.07) is -0.328. The van der Waals surface area contributed by atoms with E-state index in [0.29, 0.717) is 12.5 Å². The second-order valence-corrected chi connectivity index (χ2v) is 6.47. The average Bonchev–Trinajstić information content (AvgIpc) is 3.15. The molecule has 2 aliphatic rings. The number of amides is 2. The second kappa shape index (κ2) is 5.11. The molecule has 1 aliphatic carbocycles. The van der Waals surface area contributed by atoms with Gasteiger partial charge in [0.1, 0.15) is 11.6 Å². The van der Waals surface area contributed by atoms with E-state index in [-0.39, 0.29) is 17.9 Å². The fourth-order valence-corrected chi connectivity index (χ4v) is 3.06. The van der Waals surface area contributed by atoms with Crippen LogP contribution in [0.4, 0.5) is 0 Å². The van der Waals surface area contributed by atoms with Crippen LogP contribution in [0.25, 0.3) is 0 Å². The molecular formula is C13H22N2O2S. The van der Waals surface area contributed by atoms with Crippen molar-refractivity contribution < 1.29 is 9.59 Å². The summed E-state index contributed by atoms with van der Waals surface area (Å²) in [6.45, 7) is 4.40. The lowest BCUT2D eigenvalue weighted by molar-refractivity contribution is -0.154. The van der Waals surface area contributed by atoms with Crippen molar-refractivity contribution in [2.75, 3.05) is 18.6 Å². The lowest BCUT2D eigenvalue weighted by Gasteiger charge is -2.43. The van der Waals surface area contributed by atoms with Crippen molar-refractivity contribution in [3.05, 3.63) is 0 Å². The van der Waals surface area contributed by atoms with Crippen molar-refractivity contribution in [1.82, 2.24) is 10.2 Å². The number of hydrogen-bond acceptors (Lipinski definition) is 3. The zero-order valence-electron chi connectivity index (χ0n) is 11.4. The number of rotatable bonds is 5. The maximum Gasteiger partial charge on any atom is 0.248 e. The Morgan fingerprint density at radius 3 is 2.67 bits per heavy atom. The van der Waals surface area contributed by atoms with E-state index in [0.717, 1.165) is 25.0 Å². The smallest absolute Gasteiger partial charge is 0.248 e. The van der Waals surface area contributed by atoms with Crippen LogP contribution in [0.1, 0.15) is 33.1 Å². The summed E-state index contributed by atoms with van der Waals surface area (Å²) in [5.74, 6) is 1.47. The molecule has 1 heterocycles. The number of carbonyl (C=O) groups excluding carboxylic acids is 2. The van der Waals surface area contributed by atoms with Crippen LogP contribution in [0.3, 0.4) is 0 Å². The van der Waals surface area contributed by atoms with Gasteiger partial charge in [0.25, 0.3) is 0 Å². The highest BCUT2D eigenvalue weighted by molar-refractivity contribution is 7.98. The van der Waals surface area contributed by atoms with Crippen LogP contribution in [-0.4, -0.2) is 46.8 Å². The van der Waals surface area contributed by atoms with Gasteiger partial charge < -0.3 is 10.2 Å². The van der Waals surface area contributed by atoms with Gasteiger partial charge in [-0.1, -0.05) is 0 Å². The SMILES string of the molecule is CSCCCN1C(=O)C(C)(C2CC2)NC(=O)C1C. The highest BCUT2D eigenvalue weighted by Crippen LogP contribution is 2.42. The van der Waals surface area contributed by atoms with Gasteiger partial charge >= 0.3 is 0 Å². The molecular weight excluding hydrogens is 248 g/mol. The third-order valence-corrected chi connectivity index (χ3v) is 4.77. The fourth-order valence-electron chi connectivity index (χ4n) is 2.64. The van der Waals surface area contributed by atoms with Gasteiger partial charge in [-0.25, -0.2) is 0 Å². The summed E-state index contributed by atoms with van der Waals surface area (Å²) in [4.78, 5) is 26.4. The van der Waals surface area contributed by atoms with E-state index in [9.17, 15) is 9.59 Å². The molecule has 0 aromatic rings.